The predicted octanol–water partition coefficient (Wildman–Crippen LogP) is 4.50. The molecule has 0 saturated carbocycles. The van der Waals surface area contributed by atoms with Crippen LogP contribution in [0.1, 0.15) is 34.6 Å². The van der Waals surface area contributed by atoms with Crippen molar-refractivity contribution >= 4 is 22.9 Å². The van der Waals surface area contributed by atoms with E-state index in [2.05, 4.69) is 0 Å². The molecule has 0 bridgehead atoms. The third kappa shape index (κ3) is 2.94. The van der Waals surface area contributed by atoms with Crippen LogP contribution < -0.4 is 4.74 Å². The van der Waals surface area contributed by atoms with Gasteiger partial charge in [0.2, 0.25) is 0 Å². The highest BCUT2D eigenvalue weighted by atomic mass is 35.5. The zero-order valence-electron chi connectivity index (χ0n) is 11.2. The lowest BCUT2D eigenvalue weighted by atomic mass is 10.0. The highest BCUT2D eigenvalue weighted by Gasteiger charge is 2.21. The van der Waals surface area contributed by atoms with E-state index < -0.39 is 6.10 Å². The SMILES string of the molecule is CCOc1ccc(C)cc1C(O)c1scc(C)c1Cl. The highest BCUT2D eigenvalue weighted by Crippen LogP contribution is 2.38. The van der Waals surface area contributed by atoms with Gasteiger partial charge in [0.1, 0.15) is 11.9 Å². The van der Waals surface area contributed by atoms with Crippen molar-refractivity contribution in [2.45, 2.75) is 26.9 Å². The van der Waals surface area contributed by atoms with Crippen molar-refractivity contribution < 1.29 is 9.84 Å². The van der Waals surface area contributed by atoms with Crippen LogP contribution in [0, 0.1) is 13.8 Å². The fourth-order valence-electron chi connectivity index (χ4n) is 1.94. The van der Waals surface area contributed by atoms with Gasteiger partial charge in [-0.15, -0.1) is 11.3 Å². The molecule has 0 saturated heterocycles. The molecule has 1 aromatic heterocycles. The lowest BCUT2D eigenvalue weighted by Gasteiger charge is -2.16. The van der Waals surface area contributed by atoms with Crippen molar-refractivity contribution in [2.75, 3.05) is 6.61 Å². The first kappa shape index (κ1) is 14.4. The summed E-state index contributed by atoms with van der Waals surface area (Å²) in [6.07, 6.45) is -0.743. The summed E-state index contributed by atoms with van der Waals surface area (Å²) in [6.45, 7) is 6.43. The van der Waals surface area contributed by atoms with E-state index in [1.54, 1.807) is 0 Å². The molecule has 0 aliphatic rings. The van der Waals surface area contributed by atoms with Gasteiger partial charge in [0.25, 0.3) is 0 Å². The van der Waals surface area contributed by atoms with Crippen molar-refractivity contribution in [1.29, 1.82) is 0 Å². The molecule has 4 heteroatoms. The Labute approximate surface area is 122 Å². The van der Waals surface area contributed by atoms with E-state index in [0.717, 1.165) is 21.6 Å². The molecule has 0 amide bonds. The van der Waals surface area contributed by atoms with Gasteiger partial charge in [-0.3, -0.25) is 0 Å². The maximum atomic E-state index is 10.6. The lowest BCUT2D eigenvalue weighted by molar-refractivity contribution is 0.215. The Morgan fingerprint density at radius 3 is 2.68 bits per heavy atom. The quantitative estimate of drug-likeness (QED) is 0.900. The van der Waals surface area contributed by atoms with E-state index in [0.29, 0.717) is 17.4 Å². The number of hydrogen-bond acceptors (Lipinski definition) is 3. The van der Waals surface area contributed by atoms with E-state index in [4.69, 9.17) is 16.3 Å². The smallest absolute Gasteiger partial charge is 0.125 e. The van der Waals surface area contributed by atoms with Gasteiger partial charge >= 0.3 is 0 Å². The van der Waals surface area contributed by atoms with Gasteiger partial charge in [0, 0.05) is 5.56 Å². The summed E-state index contributed by atoms with van der Waals surface area (Å²) in [4.78, 5) is 0.769. The first-order valence-corrected chi connectivity index (χ1v) is 7.45. The molecule has 0 spiro atoms. The molecule has 0 radical (unpaired) electrons. The third-order valence-electron chi connectivity index (χ3n) is 2.93. The summed E-state index contributed by atoms with van der Waals surface area (Å²) < 4.78 is 5.58. The number of halogens is 1. The third-order valence-corrected chi connectivity index (χ3v) is 4.70. The zero-order chi connectivity index (χ0) is 14.0. The van der Waals surface area contributed by atoms with Crippen LogP contribution in [0.25, 0.3) is 0 Å². The fourth-order valence-corrected chi connectivity index (χ4v) is 3.24. The van der Waals surface area contributed by atoms with Crippen LogP contribution in [0.2, 0.25) is 5.02 Å². The fraction of sp³-hybridized carbons (Fsp3) is 0.333. The summed E-state index contributed by atoms with van der Waals surface area (Å²) in [7, 11) is 0. The monoisotopic (exact) mass is 296 g/mol. The number of aliphatic hydroxyl groups is 1. The van der Waals surface area contributed by atoms with Crippen molar-refractivity contribution in [2.24, 2.45) is 0 Å². The number of benzene rings is 1. The minimum absolute atomic E-state index is 0.569. The Balaban J connectivity index is 2.45. The van der Waals surface area contributed by atoms with Crippen LogP contribution in [-0.2, 0) is 0 Å². The molecule has 1 N–H and O–H groups in total. The second-order valence-corrected chi connectivity index (χ2v) is 5.76. The predicted molar refractivity (Wildman–Crippen MR) is 80.5 cm³/mol. The van der Waals surface area contributed by atoms with Crippen molar-refractivity contribution in [3.05, 3.63) is 50.2 Å². The van der Waals surface area contributed by atoms with E-state index in [1.165, 1.54) is 11.3 Å². The molecule has 2 nitrogen and oxygen atoms in total. The van der Waals surface area contributed by atoms with Gasteiger partial charge in [-0.1, -0.05) is 23.2 Å². The molecule has 102 valence electrons. The Hall–Kier alpha value is -1.03. The molecular formula is C15H17ClO2S. The Kier molecular flexibility index (Phi) is 4.50. The molecule has 0 aliphatic carbocycles. The van der Waals surface area contributed by atoms with E-state index in [1.807, 2.05) is 44.4 Å². The van der Waals surface area contributed by atoms with Gasteiger partial charge in [-0.25, -0.2) is 0 Å². The van der Waals surface area contributed by atoms with E-state index in [-0.39, 0.29) is 0 Å². The van der Waals surface area contributed by atoms with Gasteiger partial charge in [0.15, 0.2) is 0 Å². The van der Waals surface area contributed by atoms with Crippen LogP contribution in [0.5, 0.6) is 5.75 Å². The van der Waals surface area contributed by atoms with Crippen molar-refractivity contribution in [3.63, 3.8) is 0 Å². The molecule has 1 unspecified atom stereocenters. The molecule has 1 aromatic carbocycles. The molecule has 2 rings (SSSR count). The number of rotatable bonds is 4. The normalized spacial score (nSPS) is 12.5. The average Bonchev–Trinajstić information content (AvgIpc) is 2.72. The molecular weight excluding hydrogens is 280 g/mol. The van der Waals surface area contributed by atoms with Crippen LogP contribution in [-0.4, -0.2) is 11.7 Å². The Bertz CT molecular complexity index is 578. The summed E-state index contributed by atoms with van der Waals surface area (Å²) in [6, 6.07) is 5.81. The minimum Gasteiger partial charge on any atom is -0.493 e. The second-order valence-electron chi connectivity index (χ2n) is 4.47. The van der Waals surface area contributed by atoms with E-state index in [9.17, 15) is 5.11 Å². The standard InChI is InChI=1S/C15H17ClO2S/c1-4-18-12-6-5-9(2)7-11(12)14(17)15-13(16)10(3)8-19-15/h5-8,14,17H,4H2,1-3H3. The number of aliphatic hydroxyl groups excluding tert-OH is 1. The number of hydrogen-bond donors (Lipinski definition) is 1. The van der Waals surface area contributed by atoms with Gasteiger partial charge in [-0.2, -0.15) is 0 Å². The summed E-state index contributed by atoms with van der Waals surface area (Å²) >= 11 is 7.71. The number of aryl methyl sites for hydroxylation is 2. The Morgan fingerprint density at radius 2 is 2.11 bits per heavy atom. The number of thiophene rings is 1. The van der Waals surface area contributed by atoms with E-state index >= 15 is 0 Å². The summed E-state index contributed by atoms with van der Waals surface area (Å²) in [5, 5.41) is 13.2. The average molecular weight is 297 g/mol. The largest absolute Gasteiger partial charge is 0.493 e. The molecule has 1 heterocycles. The lowest BCUT2D eigenvalue weighted by Crippen LogP contribution is -2.03. The Morgan fingerprint density at radius 1 is 1.37 bits per heavy atom. The number of ether oxygens (including phenoxy) is 1. The van der Waals surface area contributed by atoms with Crippen LogP contribution in [0.3, 0.4) is 0 Å². The topological polar surface area (TPSA) is 29.5 Å². The first-order valence-electron chi connectivity index (χ1n) is 6.19. The van der Waals surface area contributed by atoms with Crippen molar-refractivity contribution in [3.8, 4) is 5.75 Å². The molecule has 1 atom stereocenters. The van der Waals surface area contributed by atoms with Crippen LogP contribution in [0.4, 0.5) is 0 Å². The van der Waals surface area contributed by atoms with Crippen LogP contribution in [0.15, 0.2) is 23.6 Å². The maximum absolute atomic E-state index is 10.6. The van der Waals surface area contributed by atoms with Crippen LogP contribution >= 0.6 is 22.9 Å². The molecule has 19 heavy (non-hydrogen) atoms. The van der Waals surface area contributed by atoms with Crippen molar-refractivity contribution in [1.82, 2.24) is 0 Å². The van der Waals surface area contributed by atoms with Gasteiger partial charge in [0.05, 0.1) is 16.5 Å². The summed E-state index contributed by atoms with van der Waals surface area (Å²) in [5.41, 5.74) is 2.85. The molecule has 0 fully saturated rings. The highest BCUT2D eigenvalue weighted by molar-refractivity contribution is 7.10. The summed E-state index contributed by atoms with van der Waals surface area (Å²) in [5.74, 6) is 0.711. The first-order chi connectivity index (χ1) is 9.04. The van der Waals surface area contributed by atoms with Gasteiger partial charge < -0.3 is 9.84 Å². The molecule has 2 aromatic rings. The molecule has 0 aliphatic heterocycles. The van der Waals surface area contributed by atoms with Gasteiger partial charge in [-0.05, 0) is 43.8 Å². The second kappa shape index (κ2) is 5.95. The minimum atomic E-state index is -0.743. The zero-order valence-corrected chi connectivity index (χ0v) is 12.8. The maximum Gasteiger partial charge on any atom is 0.125 e.